The van der Waals surface area contributed by atoms with Crippen LogP contribution in [0.4, 0.5) is 4.39 Å². The van der Waals surface area contributed by atoms with E-state index in [4.69, 9.17) is 4.74 Å². The molecule has 154 valence electrons. The van der Waals surface area contributed by atoms with E-state index in [2.05, 4.69) is 22.2 Å². The molecule has 8 heteroatoms. The van der Waals surface area contributed by atoms with Crippen molar-refractivity contribution in [1.82, 2.24) is 24.5 Å². The fourth-order valence-electron chi connectivity index (χ4n) is 3.54. The molecule has 0 bridgehead atoms. The fraction of sp³-hybridized carbons (Fsp3) is 0.227. The van der Waals surface area contributed by atoms with E-state index in [1.54, 1.807) is 19.2 Å². The summed E-state index contributed by atoms with van der Waals surface area (Å²) in [5.41, 5.74) is 4.17. The molecule has 0 saturated carbocycles. The van der Waals surface area contributed by atoms with E-state index in [0.29, 0.717) is 22.8 Å². The molecule has 0 aliphatic rings. The molecule has 30 heavy (non-hydrogen) atoms. The quantitative estimate of drug-likeness (QED) is 0.531. The van der Waals surface area contributed by atoms with Crippen molar-refractivity contribution < 1.29 is 9.13 Å². The average Bonchev–Trinajstić information content (AvgIpc) is 3.37. The van der Waals surface area contributed by atoms with E-state index in [0.717, 1.165) is 23.1 Å². The van der Waals surface area contributed by atoms with Crippen LogP contribution >= 0.6 is 0 Å². The Balaban J connectivity index is 1.72. The van der Waals surface area contributed by atoms with Crippen LogP contribution in [-0.4, -0.2) is 31.7 Å². The highest BCUT2D eigenvalue weighted by Gasteiger charge is 2.15. The Hall–Kier alpha value is -3.68. The minimum atomic E-state index is -0.412. The van der Waals surface area contributed by atoms with Gasteiger partial charge < -0.3 is 4.74 Å². The monoisotopic (exact) mass is 407 g/mol. The molecule has 0 atom stereocenters. The molecule has 0 aliphatic carbocycles. The molecule has 0 radical (unpaired) electrons. The lowest BCUT2D eigenvalue weighted by Gasteiger charge is -2.09. The van der Waals surface area contributed by atoms with E-state index in [1.807, 2.05) is 24.4 Å². The summed E-state index contributed by atoms with van der Waals surface area (Å²) >= 11 is 0. The van der Waals surface area contributed by atoms with Crippen molar-refractivity contribution in [1.29, 1.82) is 0 Å². The zero-order valence-electron chi connectivity index (χ0n) is 17.0. The van der Waals surface area contributed by atoms with Gasteiger partial charge >= 0.3 is 5.69 Å². The maximum absolute atomic E-state index is 13.8. The number of aryl methyl sites for hydroxylation is 2. The molecule has 1 N–H and O–H groups in total. The Bertz CT molecular complexity index is 1240. The number of ether oxygens (including phenoxy) is 1. The van der Waals surface area contributed by atoms with Crippen LogP contribution in [0.15, 0.2) is 53.6 Å². The Morgan fingerprint density at radius 1 is 1.20 bits per heavy atom. The maximum atomic E-state index is 13.8. The number of rotatable bonds is 6. The van der Waals surface area contributed by atoms with Gasteiger partial charge in [-0.25, -0.2) is 9.18 Å². The largest absolute Gasteiger partial charge is 0.497 e. The Kier molecular flexibility index (Phi) is 5.22. The van der Waals surface area contributed by atoms with Gasteiger partial charge in [-0.2, -0.15) is 14.9 Å². The van der Waals surface area contributed by atoms with Gasteiger partial charge in [0.2, 0.25) is 0 Å². The number of benzene rings is 2. The van der Waals surface area contributed by atoms with Crippen molar-refractivity contribution in [3.63, 3.8) is 0 Å². The van der Waals surface area contributed by atoms with Gasteiger partial charge in [-0.3, -0.25) is 9.67 Å². The third-order valence-electron chi connectivity index (χ3n) is 5.08. The van der Waals surface area contributed by atoms with Crippen LogP contribution in [0.5, 0.6) is 5.75 Å². The van der Waals surface area contributed by atoms with Crippen LogP contribution in [0.25, 0.3) is 16.8 Å². The third kappa shape index (κ3) is 3.63. The Morgan fingerprint density at radius 2 is 2.03 bits per heavy atom. The van der Waals surface area contributed by atoms with E-state index in [1.165, 1.54) is 28.5 Å². The molecule has 0 amide bonds. The fourth-order valence-corrected chi connectivity index (χ4v) is 3.54. The molecule has 4 aromatic rings. The van der Waals surface area contributed by atoms with Gasteiger partial charge in [0, 0.05) is 17.8 Å². The highest BCUT2D eigenvalue weighted by molar-refractivity contribution is 5.67. The van der Waals surface area contributed by atoms with Crippen LogP contribution < -0.4 is 10.4 Å². The highest BCUT2D eigenvalue weighted by Crippen LogP contribution is 2.25. The molecule has 0 unspecified atom stereocenters. The molecule has 0 spiro atoms. The van der Waals surface area contributed by atoms with Gasteiger partial charge in [-0.15, -0.1) is 0 Å². The standard InChI is InChI=1S/C22H22FN5O2/c1-4-16-9-19(5-6-21(16)17-11-24-25-12-17)28-22(29)27(14(2)26-28)13-15-7-18(23)10-20(8-15)30-3/h5-12H,4,13H2,1-3H3,(H,24,25). The summed E-state index contributed by atoms with van der Waals surface area (Å²) in [6.07, 6.45) is 4.41. The predicted octanol–water partition coefficient (Wildman–Crippen LogP) is 3.49. The maximum Gasteiger partial charge on any atom is 0.351 e. The van der Waals surface area contributed by atoms with Crippen molar-refractivity contribution in [2.45, 2.75) is 26.8 Å². The van der Waals surface area contributed by atoms with E-state index in [9.17, 15) is 9.18 Å². The second-order valence-corrected chi connectivity index (χ2v) is 7.01. The zero-order valence-corrected chi connectivity index (χ0v) is 17.0. The van der Waals surface area contributed by atoms with Gasteiger partial charge in [-0.1, -0.05) is 13.0 Å². The van der Waals surface area contributed by atoms with Crippen molar-refractivity contribution >= 4 is 0 Å². The summed E-state index contributed by atoms with van der Waals surface area (Å²) in [6, 6.07) is 10.2. The summed E-state index contributed by atoms with van der Waals surface area (Å²) in [5, 5.41) is 11.3. The van der Waals surface area contributed by atoms with Crippen LogP contribution in [0.2, 0.25) is 0 Å². The summed E-state index contributed by atoms with van der Waals surface area (Å²) < 4.78 is 21.8. The van der Waals surface area contributed by atoms with E-state index >= 15 is 0 Å². The van der Waals surface area contributed by atoms with Crippen LogP contribution in [0.3, 0.4) is 0 Å². The van der Waals surface area contributed by atoms with Crippen molar-refractivity contribution in [2.75, 3.05) is 7.11 Å². The summed E-state index contributed by atoms with van der Waals surface area (Å²) in [7, 11) is 1.48. The summed E-state index contributed by atoms with van der Waals surface area (Å²) in [4.78, 5) is 13.1. The number of nitrogens with one attached hydrogen (secondary N) is 1. The minimum absolute atomic E-state index is 0.201. The topological polar surface area (TPSA) is 77.7 Å². The molecular formula is C22H22FN5O2. The Labute approximate surface area is 172 Å². The SMILES string of the molecule is CCc1cc(-n2nc(C)n(Cc3cc(F)cc(OC)c3)c2=O)ccc1-c1cn[nH]c1. The first kappa shape index (κ1) is 19.6. The predicted molar refractivity (Wildman–Crippen MR) is 112 cm³/mol. The first-order valence-electron chi connectivity index (χ1n) is 9.62. The normalized spacial score (nSPS) is 11.1. The van der Waals surface area contributed by atoms with Crippen molar-refractivity contribution in [3.05, 3.63) is 82.0 Å². The summed E-state index contributed by atoms with van der Waals surface area (Å²) in [5.74, 6) is 0.538. The molecule has 4 rings (SSSR count). The number of aromatic nitrogens is 5. The lowest BCUT2D eigenvalue weighted by Crippen LogP contribution is -2.24. The third-order valence-corrected chi connectivity index (χ3v) is 5.08. The number of methoxy groups -OCH3 is 1. The second-order valence-electron chi connectivity index (χ2n) is 7.01. The number of halogens is 1. The van der Waals surface area contributed by atoms with Crippen molar-refractivity contribution in [2.24, 2.45) is 0 Å². The average molecular weight is 407 g/mol. The van der Waals surface area contributed by atoms with Crippen molar-refractivity contribution in [3.8, 4) is 22.6 Å². The number of hydrogen-bond acceptors (Lipinski definition) is 4. The molecule has 7 nitrogen and oxygen atoms in total. The summed E-state index contributed by atoms with van der Waals surface area (Å²) in [6.45, 7) is 4.02. The molecule has 0 saturated heterocycles. The molecule has 2 aromatic heterocycles. The molecule has 0 fully saturated rings. The number of H-pyrrole nitrogens is 1. The number of hydrogen-bond donors (Lipinski definition) is 1. The minimum Gasteiger partial charge on any atom is -0.497 e. The van der Waals surface area contributed by atoms with Gasteiger partial charge in [0.05, 0.1) is 25.5 Å². The first-order chi connectivity index (χ1) is 14.5. The molecular weight excluding hydrogens is 385 g/mol. The lowest BCUT2D eigenvalue weighted by atomic mass is 10.00. The Morgan fingerprint density at radius 3 is 2.73 bits per heavy atom. The lowest BCUT2D eigenvalue weighted by molar-refractivity contribution is 0.410. The van der Waals surface area contributed by atoms with Crippen LogP contribution in [0, 0.1) is 12.7 Å². The molecule has 0 aliphatic heterocycles. The van der Waals surface area contributed by atoms with E-state index in [-0.39, 0.29) is 12.2 Å². The van der Waals surface area contributed by atoms with Gasteiger partial charge in [0.15, 0.2) is 0 Å². The molecule has 2 aromatic carbocycles. The van der Waals surface area contributed by atoms with Gasteiger partial charge in [0.25, 0.3) is 0 Å². The van der Waals surface area contributed by atoms with Crippen LogP contribution in [-0.2, 0) is 13.0 Å². The number of aromatic amines is 1. The van der Waals surface area contributed by atoms with Gasteiger partial charge in [-0.05, 0) is 54.3 Å². The molecule has 2 heterocycles. The number of nitrogens with zero attached hydrogens (tertiary/aromatic N) is 4. The second kappa shape index (κ2) is 7.98. The van der Waals surface area contributed by atoms with Gasteiger partial charge in [0.1, 0.15) is 17.4 Å². The first-order valence-corrected chi connectivity index (χ1v) is 9.62. The smallest absolute Gasteiger partial charge is 0.351 e. The zero-order chi connectivity index (χ0) is 21.3. The van der Waals surface area contributed by atoms with E-state index < -0.39 is 5.82 Å². The highest BCUT2D eigenvalue weighted by atomic mass is 19.1. The van der Waals surface area contributed by atoms with Crippen LogP contribution in [0.1, 0.15) is 23.9 Å².